The average molecular weight is 666 g/mol. The lowest BCUT2D eigenvalue weighted by Gasteiger charge is -2.51. The monoisotopic (exact) mass is 665 g/mol. The van der Waals surface area contributed by atoms with Crippen molar-refractivity contribution in [2.45, 2.75) is 111 Å². The number of carboxylic acid groups (broad SMARTS) is 1. The number of carbonyl (C=O) groups excluding carboxylic acids is 1. The van der Waals surface area contributed by atoms with E-state index in [1.54, 1.807) is 0 Å². The van der Waals surface area contributed by atoms with Gasteiger partial charge in [-0.05, 0) is 0 Å². The van der Waals surface area contributed by atoms with Crippen molar-refractivity contribution in [3.8, 4) is 0 Å². The first-order valence-electron chi connectivity index (χ1n) is 13.7. The summed E-state index contributed by atoms with van der Waals surface area (Å²) in [6, 6.07) is -1.93. The van der Waals surface area contributed by atoms with Gasteiger partial charge in [0.05, 0.1) is 25.9 Å². The molecule has 0 aromatic rings. The van der Waals surface area contributed by atoms with E-state index in [9.17, 15) is 65.8 Å². The molecule has 3 fully saturated rings. The van der Waals surface area contributed by atoms with Gasteiger partial charge in [-0.1, -0.05) is 0 Å². The van der Waals surface area contributed by atoms with E-state index >= 15 is 4.39 Å². The minimum Gasteiger partial charge on any atom is -0.477 e. The molecule has 17 atom stereocenters. The van der Waals surface area contributed by atoms with Gasteiger partial charge >= 0.3 is 11.8 Å². The maximum atomic E-state index is 15.9. The molecular formula is C24H40FNO19. The summed E-state index contributed by atoms with van der Waals surface area (Å²) in [5.41, 5.74) is 0. The second-order valence-corrected chi connectivity index (χ2v) is 10.7. The molecule has 3 aliphatic heterocycles. The van der Waals surface area contributed by atoms with E-state index in [0.717, 1.165) is 14.0 Å². The van der Waals surface area contributed by atoms with Crippen molar-refractivity contribution in [1.29, 1.82) is 0 Å². The Bertz CT molecular complexity index is 996. The maximum Gasteiger partial charge on any atom is 0.367 e. The van der Waals surface area contributed by atoms with E-state index in [1.165, 1.54) is 0 Å². The number of hydrogen-bond acceptors (Lipinski definition) is 18. The van der Waals surface area contributed by atoms with E-state index in [-0.39, 0.29) is 0 Å². The van der Waals surface area contributed by atoms with Crippen molar-refractivity contribution in [1.82, 2.24) is 5.32 Å². The molecule has 0 aromatic carbocycles. The molecule has 262 valence electrons. The first-order chi connectivity index (χ1) is 21.1. The van der Waals surface area contributed by atoms with Crippen LogP contribution in [0.2, 0.25) is 0 Å². The number of carboxylic acids is 1. The van der Waals surface area contributed by atoms with E-state index in [0.29, 0.717) is 0 Å². The third-order valence-electron chi connectivity index (χ3n) is 7.76. The first-order valence-corrected chi connectivity index (χ1v) is 13.7. The van der Waals surface area contributed by atoms with Crippen molar-refractivity contribution in [2.24, 2.45) is 0 Å². The summed E-state index contributed by atoms with van der Waals surface area (Å²) < 4.78 is 47.5. The van der Waals surface area contributed by atoms with Crippen LogP contribution >= 0.6 is 0 Å². The number of methoxy groups -OCH3 is 1. The molecule has 45 heavy (non-hydrogen) atoms. The lowest BCUT2D eigenvalue weighted by Crippen LogP contribution is -2.75. The zero-order chi connectivity index (χ0) is 34.0. The Morgan fingerprint density at radius 1 is 0.889 bits per heavy atom. The number of ether oxygens (including phenoxy) is 6. The molecule has 1 amide bonds. The molecule has 0 unspecified atom stereocenters. The molecule has 12 N–H and O–H groups in total. The fourth-order valence-electron chi connectivity index (χ4n) is 5.34. The van der Waals surface area contributed by atoms with Gasteiger partial charge in [-0.25, -0.2) is 9.18 Å². The fraction of sp³-hybridized carbons (Fsp3) is 0.917. The van der Waals surface area contributed by atoms with Gasteiger partial charge in [-0.3, -0.25) is 4.79 Å². The zero-order valence-electron chi connectivity index (χ0n) is 23.9. The van der Waals surface area contributed by atoms with Gasteiger partial charge in [0.25, 0.3) is 0 Å². The number of nitrogens with one attached hydrogen (secondary N) is 1. The molecule has 20 nitrogen and oxygen atoms in total. The molecule has 3 aliphatic rings. The highest BCUT2D eigenvalue weighted by atomic mass is 19.1. The Morgan fingerprint density at radius 3 is 2.00 bits per heavy atom. The van der Waals surface area contributed by atoms with Crippen LogP contribution in [0.1, 0.15) is 6.92 Å². The van der Waals surface area contributed by atoms with Crippen LogP contribution in [0.5, 0.6) is 0 Å². The highest BCUT2D eigenvalue weighted by Crippen LogP contribution is 2.39. The predicted molar refractivity (Wildman–Crippen MR) is 135 cm³/mol. The molecule has 3 rings (SSSR count). The van der Waals surface area contributed by atoms with Crippen molar-refractivity contribution in [2.75, 3.05) is 26.9 Å². The molecule has 21 heteroatoms. The normalized spacial score (nSPS) is 45.4. The number of carbonyl (C=O) groups is 2. The van der Waals surface area contributed by atoms with E-state index in [2.05, 4.69) is 5.32 Å². The summed E-state index contributed by atoms with van der Waals surface area (Å²) in [6.07, 6.45) is -31.1. The van der Waals surface area contributed by atoms with E-state index in [1.807, 2.05) is 0 Å². The lowest BCUT2D eigenvalue weighted by atomic mass is 9.86. The lowest BCUT2D eigenvalue weighted by molar-refractivity contribution is -0.394. The van der Waals surface area contributed by atoms with Crippen molar-refractivity contribution in [3.05, 3.63) is 0 Å². The Morgan fingerprint density at radius 2 is 1.49 bits per heavy atom. The minimum atomic E-state index is -3.72. The molecule has 0 bridgehead atoms. The topological polar surface area (TPSA) is 324 Å². The summed E-state index contributed by atoms with van der Waals surface area (Å²) in [4.78, 5) is 24.3. The van der Waals surface area contributed by atoms with E-state index in [4.69, 9.17) is 28.4 Å². The minimum absolute atomic E-state index is 0.834. The van der Waals surface area contributed by atoms with Gasteiger partial charge in [0.15, 0.2) is 18.8 Å². The molecule has 0 spiro atoms. The zero-order valence-corrected chi connectivity index (χ0v) is 23.9. The summed E-state index contributed by atoms with van der Waals surface area (Å²) in [7, 11) is 1.13. The molecule has 0 saturated carbocycles. The number of halogens is 1. The second-order valence-electron chi connectivity index (χ2n) is 10.7. The molecule has 0 aromatic heterocycles. The highest BCUT2D eigenvalue weighted by molar-refractivity contribution is 5.77. The first kappa shape index (κ1) is 37.7. The maximum absolute atomic E-state index is 15.9. The third-order valence-corrected chi connectivity index (χ3v) is 7.76. The van der Waals surface area contributed by atoms with Crippen LogP contribution in [0.25, 0.3) is 0 Å². The number of amides is 1. The van der Waals surface area contributed by atoms with E-state index < -0.39 is 136 Å². The van der Waals surface area contributed by atoms with Crippen LogP contribution in [0.4, 0.5) is 4.39 Å². The number of rotatable bonds is 12. The molecule has 3 saturated heterocycles. The van der Waals surface area contributed by atoms with Crippen LogP contribution in [-0.4, -0.2) is 199 Å². The van der Waals surface area contributed by atoms with Gasteiger partial charge in [0.2, 0.25) is 5.91 Å². The SMILES string of the molecule is CO[C@@H]1O[C@H](CO)[C@@H](O[C@@H]2O[C@H](CO)[C@H](O)[C@H](O[C@@]3(C(=O)O)O[C@@H]([C@H](O)[C@H](O)CO)[C@H](NC(C)=O)[C@@H](O)[C@@H]3F)[C@H]2O)[C@H](O)[C@H]1O. The van der Waals surface area contributed by atoms with Gasteiger partial charge in [-0.15, -0.1) is 0 Å². The van der Waals surface area contributed by atoms with Crippen LogP contribution < -0.4 is 5.32 Å². The van der Waals surface area contributed by atoms with Crippen LogP contribution in [-0.2, 0) is 38.0 Å². The van der Waals surface area contributed by atoms with Crippen LogP contribution in [0.15, 0.2) is 0 Å². The average Bonchev–Trinajstić information content (AvgIpc) is 3.01. The number of hydrogen-bond donors (Lipinski definition) is 12. The Labute approximate surface area is 254 Å². The summed E-state index contributed by atoms with van der Waals surface area (Å²) in [6.45, 7) is -2.09. The molecule has 0 radical (unpaired) electrons. The van der Waals surface area contributed by atoms with Crippen molar-refractivity contribution >= 4 is 11.9 Å². The molecular weight excluding hydrogens is 625 g/mol. The fourth-order valence-corrected chi connectivity index (χ4v) is 5.34. The van der Waals surface area contributed by atoms with Crippen LogP contribution in [0, 0.1) is 0 Å². The van der Waals surface area contributed by atoms with Crippen LogP contribution in [0.3, 0.4) is 0 Å². The summed E-state index contributed by atoms with van der Waals surface area (Å²) in [5, 5.41) is 115. The summed E-state index contributed by atoms with van der Waals surface area (Å²) in [5.74, 6) is -6.96. The van der Waals surface area contributed by atoms with Gasteiger partial charge in [0, 0.05) is 14.0 Å². The van der Waals surface area contributed by atoms with Crippen molar-refractivity contribution < 1.29 is 98.6 Å². The Balaban J connectivity index is 1.99. The highest BCUT2D eigenvalue weighted by Gasteiger charge is 2.65. The quantitative estimate of drug-likeness (QED) is 0.0920. The molecule has 0 aliphatic carbocycles. The van der Waals surface area contributed by atoms with Crippen molar-refractivity contribution in [3.63, 3.8) is 0 Å². The predicted octanol–water partition coefficient (Wildman–Crippen LogP) is -7.62. The number of alkyl halides is 1. The number of aliphatic hydroxyl groups excluding tert-OH is 10. The van der Waals surface area contributed by atoms with Gasteiger partial charge in [-0.2, -0.15) is 0 Å². The smallest absolute Gasteiger partial charge is 0.367 e. The van der Waals surface area contributed by atoms with Gasteiger partial charge in [0.1, 0.15) is 73.2 Å². The summed E-state index contributed by atoms with van der Waals surface area (Å²) >= 11 is 0. The number of aliphatic hydroxyl groups is 10. The Kier molecular flexibility index (Phi) is 12.9. The Hall–Kier alpha value is -1.77. The third kappa shape index (κ3) is 7.38. The largest absolute Gasteiger partial charge is 0.477 e. The molecule has 3 heterocycles. The van der Waals surface area contributed by atoms with Gasteiger partial charge < -0.3 is 89.9 Å². The second kappa shape index (κ2) is 15.4. The number of aliphatic carboxylic acids is 1. The standard InChI is InChI=1S/C24H40FNO19/c1-6(30)26-10-13(34)20(25)24(23(38)39,44-18(10)11(32)7(31)3-27)45-19-12(33)8(4-28)41-22(16(19)37)43-17-9(5-29)42-21(40-2)15(36)14(17)35/h7-22,27-29,31-37H,3-5H2,1-2H3,(H,26,30)(H,38,39)/t7-,8-,9-,10-,11-,12+,13-,14-,15-,16-,17-,18-,19+,20+,21-,22+,24+/m1/s1.